The second-order valence-corrected chi connectivity index (χ2v) is 6.76. The Balaban J connectivity index is 1.55. The monoisotopic (exact) mass is 395 g/mol. The fourth-order valence-corrected chi connectivity index (χ4v) is 3.18. The molecule has 0 amide bonds. The normalized spacial score (nSPS) is 10.9. The van der Waals surface area contributed by atoms with E-state index in [9.17, 15) is 5.11 Å². The number of thioether (sulfide) groups is 1. The number of hydrogen-bond acceptors (Lipinski definition) is 7. The van der Waals surface area contributed by atoms with E-state index in [-0.39, 0.29) is 5.75 Å². The molecule has 3 N–H and O–H groups in total. The number of benzene rings is 2. The highest BCUT2D eigenvalue weighted by Gasteiger charge is 2.05. The first-order chi connectivity index (χ1) is 13.7. The van der Waals surface area contributed by atoms with Gasteiger partial charge in [0.25, 0.3) is 0 Å². The quantitative estimate of drug-likeness (QED) is 0.219. The second kappa shape index (κ2) is 9.61. The molecule has 8 heteroatoms. The molecule has 0 atom stereocenters. The van der Waals surface area contributed by atoms with Crippen molar-refractivity contribution in [2.24, 2.45) is 5.10 Å². The van der Waals surface area contributed by atoms with Gasteiger partial charge in [-0.25, -0.2) is 10.5 Å². The molecule has 0 aliphatic rings. The van der Waals surface area contributed by atoms with Crippen molar-refractivity contribution in [2.75, 3.05) is 12.5 Å². The lowest BCUT2D eigenvalue weighted by Gasteiger charge is -2.04. The fraction of sp³-hybridized carbons (Fsp3) is 0.150. The van der Waals surface area contributed by atoms with Crippen LogP contribution in [0.2, 0.25) is 0 Å². The first-order valence-electron chi connectivity index (χ1n) is 8.58. The standard InChI is InChI=1S/C20H21N5O2S/c1-3-5-15-6-4-7-16(18(15)26)12-21-23-19-22-20(25-24-19)28-13-14-8-10-17(27-2)11-9-14/h3-4,6-12,26H,1,5,13H2,2H3,(H2,22,23,24,25)/b21-12+. The summed E-state index contributed by atoms with van der Waals surface area (Å²) in [5, 5.41) is 21.9. The maximum atomic E-state index is 10.2. The Hall–Kier alpha value is -3.26. The highest BCUT2D eigenvalue weighted by Crippen LogP contribution is 2.23. The first-order valence-corrected chi connectivity index (χ1v) is 9.57. The summed E-state index contributed by atoms with van der Waals surface area (Å²) in [6.07, 6.45) is 3.88. The molecular weight excluding hydrogens is 374 g/mol. The number of rotatable bonds is 9. The Labute approximate surface area is 167 Å². The number of H-pyrrole nitrogens is 1. The van der Waals surface area contributed by atoms with E-state index in [1.165, 1.54) is 18.0 Å². The number of nitrogens with zero attached hydrogens (tertiary/aromatic N) is 3. The number of phenols is 1. The number of allylic oxidation sites excluding steroid dienone is 1. The van der Waals surface area contributed by atoms with Gasteiger partial charge in [0.05, 0.1) is 13.3 Å². The maximum absolute atomic E-state index is 10.2. The molecule has 144 valence electrons. The van der Waals surface area contributed by atoms with E-state index >= 15 is 0 Å². The lowest BCUT2D eigenvalue weighted by Crippen LogP contribution is -1.94. The Bertz CT molecular complexity index is 953. The molecule has 28 heavy (non-hydrogen) atoms. The molecular formula is C20H21N5O2S. The number of para-hydroxylation sites is 1. The second-order valence-electron chi connectivity index (χ2n) is 5.82. The minimum absolute atomic E-state index is 0.196. The Morgan fingerprint density at radius 3 is 2.86 bits per heavy atom. The van der Waals surface area contributed by atoms with Crippen LogP contribution in [0.1, 0.15) is 16.7 Å². The summed E-state index contributed by atoms with van der Waals surface area (Å²) >= 11 is 1.51. The van der Waals surface area contributed by atoms with Crippen molar-refractivity contribution in [3.63, 3.8) is 0 Å². The average molecular weight is 395 g/mol. The van der Waals surface area contributed by atoms with E-state index in [1.807, 2.05) is 36.4 Å². The van der Waals surface area contributed by atoms with Crippen molar-refractivity contribution in [2.45, 2.75) is 17.3 Å². The summed E-state index contributed by atoms with van der Waals surface area (Å²) in [6, 6.07) is 13.4. The molecule has 1 heterocycles. The van der Waals surface area contributed by atoms with Crippen LogP contribution in [0.15, 0.2) is 65.4 Å². The average Bonchev–Trinajstić information content (AvgIpc) is 3.17. The molecule has 0 radical (unpaired) electrons. The van der Waals surface area contributed by atoms with Crippen molar-refractivity contribution in [3.05, 3.63) is 71.8 Å². The van der Waals surface area contributed by atoms with Gasteiger partial charge in [-0.05, 0) is 35.7 Å². The van der Waals surface area contributed by atoms with Crippen LogP contribution < -0.4 is 10.2 Å². The summed E-state index contributed by atoms with van der Waals surface area (Å²) in [4.78, 5) is 4.33. The van der Waals surface area contributed by atoms with Crippen LogP contribution in [0.3, 0.4) is 0 Å². The van der Waals surface area contributed by atoms with Gasteiger partial charge in [-0.1, -0.05) is 42.1 Å². The third-order valence-electron chi connectivity index (χ3n) is 3.88. The lowest BCUT2D eigenvalue weighted by molar-refractivity contribution is 0.414. The minimum Gasteiger partial charge on any atom is -0.507 e. The summed E-state index contributed by atoms with van der Waals surface area (Å²) < 4.78 is 5.15. The number of ether oxygens (including phenoxy) is 1. The lowest BCUT2D eigenvalue weighted by atomic mass is 10.1. The summed E-state index contributed by atoms with van der Waals surface area (Å²) in [5.74, 6) is 2.20. The van der Waals surface area contributed by atoms with Crippen LogP contribution in [0.25, 0.3) is 0 Å². The third-order valence-corrected chi connectivity index (χ3v) is 4.80. The van der Waals surface area contributed by atoms with Crippen molar-refractivity contribution < 1.29 is 9.84 Å². The number of aromatic nitrogens is 3. The molecule has 0 saturated heterocycles. The van der Waals surface area contributed by atoms with E-state index in [0.29, 0.717) is 23.1 Å². The Kier molecular flexibility index (Phi) is 6.69. The smallest absolute Gasteiger partial charge is 0.240 e. The van der Waals surface area contributed by atoms with Gasteiger partial charge in [0, 0.05) is 11.3 Å². The molecule has 1 aromatic heterocycles. The topological polar surface area (TPSA) is 95.4 Å². The van der Waals surface area contributed by atoms with E-state index in [4.69, 9.17) is 4.74 Å². The van der Waals surface area contributed by atoms with Crippen molar-refractivity contribution >= 4 is 23.9 Å². The number of hydrazone groups is 1. The number of phenolic OH excluding ortho intramolecular Hbond substituents is 1. The number of aromatic amines is 1. The van der Waals surface area contributed by atoms with E-state index in [0.717, 1.165) is 22.6 Å². The largest absolute Gasteiger partial charge is 0.507 e. The Morgan fingerprint density at radius 2 is 2.11 bits per heavy atom. The molecule has 2 aromatic carbocycles. The van der Waals surface area contributed by atoms with Gasteiger partial charge in [-0.2, -0.15) is 10.1 Å². The number of nitrogens with one attached hydrogen (secondary N) is 2. The van der Waals surface area contributed by atoms with Crippen LogP contribution in [-0.2, 0) is 12.2 Å². The van der Waals surface area contributed by atoms with Gasteiger partial charge in [-0.3, -0.25) is 0 Å². The zero-order valence-electron chi connectivity index (χ0n) is 15.4. The van der Waals surface area contributed by atoms with Crippen LogP contribution in [0.4, 0.5) is 5.95 Å². The zero-order chi connectivity index (χ0) is 19.8. The number of methoxy groups -OCH3 is 1. The van der Waals surface area contributed by atoms with Crippen molar-refractivity contribution in [1.82, 2.24) is 15.2 Å². The summed E-state index contributed by atoms with van der Waals surface area (Å²) in [6.45, 7) is 3.69. The zero-order valence-corrected chi connectivity index (χ0v) is 16.2. The molecule has 0 spiro atoms. The van der Waals surface area contributed by atoms with Gasteiger partial charge < -0.3 is 9.84 Å². The molecule has 0 aliphatic carbocycles. The minimum atomic E-state index is 0.196. The molecule has 7 nitrogen and oxygen atoms in total. The van der Waals surface area contributed by atoms with Crippen LogP contribution >= 0.6 is 11.8 Å². The predicted molar refractivity (Wildman–Crippen MR) is 112 cm³/mol. The molecule has 0 saturated carbocycles. The highest BCUT2D eigenvalue weighted by molar-refractivity contribution is 7.98. The van der Waals surface area contributed by atoms with E-state index in [1.54, 1.807) is 19.3 Å². The van der Waals surface area contributed by atoms with Gasteiger partial charge >= 0.3 is 0 Å². The van der Waals surface area contributed by atoms with Gasteiger partial charge in [-0.15, -0.1) is 11.7 Å². The SMILES string of the molecule is C=CCc1cccc(/C=N/Nc2nc(SCc3ccc(OC)cc3)n[nH]2)c1O. The fourth-order valence-electron chi connectivity index (χ4n) is 2.43. The van der Waals surface area contributed by atoms with Gasteiger partial charge in [0.15, 0.2) is 0 Å². The molecule has 0 unspecified atom stereocenters. The number of anilines is 1. The van der Waals surface area contributed by atoms with E-state index < -0.39 is 0 Å². The van der Waals surface area contributed by atoms with Crippen molar-refractivity contribution in [1.29, 1.82) is 0 Å². The van der Waals surface area contributed by atoms with Crippen molar-refractivity contribution in [3.8, 4) is 11.5 Å². The molecule has 0 bridgehead atoms. The third kappa shape index (κ3) is 5.14. The van der Waals surface area contributed by atoms with Crippen LogP contribution in [0.5, 0.6) is 11.5 Å². The number of hydrogen-bond donors (Lipinski definition) is 3. The first kappa shape index (κ1) is 19.5. The van der Waals surface area contributed by atoms with Gasteiger partial charge in [0.1, 0.15) is 11.5 Å². The Morgan fingerprint density at radius 1 is 1.29 bits per heavy atom. The van der Waals surface area contributed by atoms with Crippen LogP contribution in [0, 0.1) is 0 Å². The van der Waals surface area contributed by atoms with E-state index in [2.05, 4.69) is 32.3 Å². The molecule has 0 fully saturated rings. The van der Waals surface area contributed by atoms with Crippen LogP contribution in [-0.4, -0.2) is 33.6 Å². The predicted octanol–water partition coefficient (Wildman–Crippen LogP) is 3.99. The molecule has 3 aromatic rings. The summed E-state index contributed by atoms with van der Waals surface area (Å²) in [5.41, 5.74) is 5.35. The molecule has 0 aliphatic heterocycles. The number of aromatic hydroxyl groups is 1. The highest BCUT2D eigenvalue weighted by atomic mass is 32.2. The van der Waals surface area contributed by atoms with Gasteiger partial charge in [0.2, 0.25) is 11.1 Å². The molecule has 3 rings (SSSR count). The maximum Gasteiger partial charge on any atom is 0.240 e. The summed E-state index contributed by atoms with van der Waals surface area (Å²) in [7, 11) is 1.65.